The molecule has 2 rings (SSSR count). The van der Waals surface area contributed by atoms with Gasteiger partial charge in [-0.25, -0.2) is 0 Å². The molecule has 0 spiro atoms. The first-order valence-electron chi connectivity index (χ1n) is 21.2. The molecular formula is C40H77NO13. The van der Waals surface area contributed by atoms with E-state index in [2.05, 4.69) is 12.2 Å². The van der Waals surface area contributed by atoms with Crippen LogP contribution in [0.15, 0.2) is 0 Å². The molecule has 320 valence electrons. The summed E-state index contributed by atoms with van der Waals surface area (Å²) in [6.07, 6.45) is 10.8. The Hall–Kier alpha value is -1.01. The molecule has 12 atom stereocenters. The van der Waals surface area contributed by atoms with Crippen LogP contribution in [0, 0.1) is 0 Å². The van der Waals surface area contributed by atoms with E-state index in [4.69, 9.17) is 18.9 Å². The van der Waals surface area contributed by atoms with Crippen LogP contribution < -0.4 is 5.32 Å². The SMILES string of the molecule is CCCCCCCCCCCCCCCCCCCCCCCC(O)C(COC1OC(CO)C(OC2OC(CO)C(O)C(O)C2O)C(O)C1O)NC(C)=O. The second-order valence-corrected chi connectivity index (χ2v) is 15.6. The van der Waals surface area contributed by atoms with Crippen molar-refractivity contribution in [2.24, 2.45) is 0 Å². The fourth-order valence-electron chi connectivity index (χ4n) is 7.39. The van der Waals surface area contributed by atoms with Crippen molar-refractivity contribution in [2.45, 2.75) is 229 Å². The third kappa shape index (κ3) is 18.5. The zero-order valence-corrected chi connectivity index (χ0v) is 33.2. The minimum Gasteiger partial charge on any atom is -0.394 e. The number of hydrogen-bond acceptors (Lipinski definition) is 13. The quantitative estimate of drug-likeness (QED) is 0.0462. The number of hydrogen-bond donors (Lipinski definition) is 9. The molecule has 0 radical (unpaired) electrons. The highest BCUT2D eigenvalue weighted by atomic mass is 16.7. The molecule has 54 heavy (non-hydrogen) atoms. The van der Waals surface area contributed by atoms with Gasteiger partial charge in [-0.3, -0.25) is 4.79 Å². The first kappa shape index (κ1) is 49.1. The van der Waals surface area contributed by atoms with Crippen molar-refractivity contribution in [2.75, 3.05) is 19.8 Å². The average molecular weight is 780 g/mol. The van der Waals surface area contributed by atoms with E-state index in [1.165, 1.54) is 116 Å². The topological polar surface area (TPSA) is 228 Å². The molecule has 12 unspecified atom stereocenters. The van der Waals surface area contributed by atoms with Crippen LogP contribution in [0.25, 0.3) is 0 Å². The lowest BCUT2D eigenvalue weighted by molar-refractivity contribution is -0.359. The van der Waals surface area contributed by atoms with E-state index in [1.54, 1.807) is 0 Å². The number of aliphatic hydroxyl groups excluding tert-OH is 8. The van der Waals surface area contributed by atoms with Crippen LogP contribution in [0.5, 0.6) is 0 Å². The van der Waals surface area contributed by atoms with E-state index in [1.807, 2.05) is 0 Å². The van der Waals surface area contributed by atoms with E-state index in [0.29, 0.717) is 6.42 Å². The number of aliphatic hydroxyl groups is 8. The van der Waals surface area contributed by atoms with Gasteiger partial charge in [0.15, 0.2) is 12.6 Å². The molecule has 2 aliphatic rings. The summed E-state index contributed by atoms with van der Waals surface area (Å²) < 4.78 is 22.2. The summed E-state index contributed by atoms with van der Waals surface area (Å²) in [6.45, 7) is 1.92. The minimum atomic E-state index is -1.77. The molecule has 14 heteroatoms. The van der Waals surface area contributed by atoms with Gasteiger partial charge in [-0.15, -0.1) is 0 Å². The van der Waals surface area contributed by atoms with Gasteiger partial charge < -0.3 is 65.1 Å². The Kier molecular flexibility index (Phi) is 26.6. The summed E-state index contributed by atoms with van der Waals surface area (Å²) in [5, 5.41) is 85.0. The maximum Gasteiger partial charge on any atom is 0.217 e. The molecule has 2 aliphatic heterocycles. The van der Waals surface area contributed by atoms with Gasteiger partial charge >= 0.3 is 0 Å². The van der Waals surface area contributed by atoms with Crippen LogP contribution >= 0.6 is 0 Å². The summed E-state index contributed by atoms with van der Waals surface area (Å²) in [5.74, 6) is -0.382. The zero-order chi connectivity index (χ0) is 39.7. The Morgan fingerprint density at radius 3 is 1.46 bits per heavy atom. The zero-order valence-electron chi connectivity index (χ0n) is 33.2. The van der Waals surface area contributed by atoms with Crippen LogP contribution in [0.3, 0.4) is 0 Å². The Bertz CT molecular complexity index is 930. The van der Waals surface area contributed by atoms with E-state index in [0.717, 1.165) is 25.7 Å². The normalized spacial score (nSPS) is 30.0. The largest absolute Gasteiger partial charge is 0.394 e. The molecule has 9 N–H and O–H groups in total. The third-order valence-corrected chi connectivity index (χ3v) is 10.9. The van der Waals surface area contributed by atoms with Crippen molar-refractivity contribution in [1.82, 2.24) is 5.32 Å². The highest BCUT2D eigenvalue weighted by Crippen LogP contribution is 2.30. The number of amides is 1. The van der Waals surface area contributed by atoms with E-state index in [9.17, 15) is 45.6 Å². The van der Waals surface area contributed by atoms with Gasteiger partial charge in [-0.05, 0) is 6.42 Å². The van der Waals surface area contributed by atoms with E-state index >= 15 is 0 Å². The number of unbranched alkanes of at least 4 members (excludes halogenated alkanes) is 20. The highest BCUT2D eigenvalue weighted by Gasteiger charge is 2.50. The first-order chi connectivity index (χ1) is 26.0. The van der Waals surface area contributed by atoms with Crippen LogP contribution in [-0.4, -0.2) is 140 Å². The summed E-state index contributed by atoms with van der Waals surface area (Å²) in [4.78, 5) is 11.9. The molecule has 0 aromatic rings. The number of ether oxygens (including phenoxy) is 4. The van der Waals surface area contributed by atoms with Crippen molar-refractivity contribution in [3.8, 4) is 0 Å². The van der Waals surface area contributed by atoms with Crippen molar-refractivity contribution in [3.63, 3.8) is 0 Å². The molecule has 0 aliphatic carbocycles. The molecule has 2 fully saturated rings. The molecule has 14 nitrogen and oxygen atoms in total. The molecule has 1 amide bonds. The van der Waals surface area contributed by atoms with Crippen molar-refractivity contribution in [1.29, 1.82) is 0 Å². The Morgan fingerprint density at radius 1 is 0.593 bits per heavy atom. The maximum atomic E-state index is 11.9. The molecule has 0 bridgehead atoms. The number of nitrogens with one attached hydrogen (secondary N) is 1. The lowest BCUT2D eigenvalue weighted by atomic mass is 9.97. The van der Waals surface area contributed by atoms with Gasteiger partial charge in [-0.1, -0.05) is 142 Å². The summed E-state index contributed by atoms with van der Waals surface area (Å²) >= 11 is 0. The molecule has 0 aromatic heterocycles. The summed E-state index contributed by atoms with van der Waals surface area (Å²) in [5.41, 5.74) is 0. The number of rotatable bonds is 31. The van der Waals surface area contributed by atoms with Gasteiger partial charge in [0.05, 0.1) is 32.0 Å². The second-order valence-electron chi connectivity index (χ2n) is 15.6. The Labute approximate surface area is 323 Å². The fraction of sp³-hybridized carbons (Fsp3) is 0.975. The number of carbonyl (C=O) groups excluding carboxylic acids is 1. The van der Waals surface area contributed by atoms with Crippen LogP contribution in [0.2, 0.25) is 0 Å². The van der Waals surface area contributed by atoms with Crippen molar-refractivity contribution >= 4 is 5.91 Å². The van der Waals surface area contributed by atoms with Gasteiger partial charge in [0.2, 0.25) is 5.91 Å². The van der Waals surface area contributed by atoms with Gasteiger partial charge in [0.25, 0.3) is 0 Å². The Balaban J connectivity index is 1.60. The smallest absolute Gasteiger partial charge is 0.217 e. The Morgan fingerprint density at radius 2 is 1.02 bits per heavy atom. The van der Waals surface area contributed by atoms with Gasteiger partial charge in [0, 0.05) is 6.92 Å². The monoisotopic (exact) mass is 780 g/mol. The van der Waals surface area contributed by atoms with Crippen LogP contribution in [0.4, 0.5) is 0 Å². The summed E-state index contributed by atoms with van der Waals surface area (Å²) in [7, 11) is 0. The van der Waals surface area contributed by atoms with Gasteiger partial charge in [0.1, 0.15) is 48.8 Å². The third-order valence-electron chi connectivity index (χ3n) is 10.9. The van der Waals surface area contributed by atoms with E-state index in [-0.39, 0.29) is 12.5 Å². The lowest BCUT2D eigenvalue weighted by Gasteiger charge is -2.46. The molecule has 0 saturated carbocycles. The minimum absolute atomic E-state index is 0.259. The van der Waals surface area contributed by atoms with E-state index < -0.39 is 86.8 Å². The summed E-state index contributed by atoms with van der Waals surface area (Å²) in [6, 6.07) is -0.823. The van der Waals surface area contributed by atoms with Crippen LogP contribution in [-0.2, 0) is 23.7 Å². The molecular weight excluding hydrogens is 702 g/mol. The predicted octanol–water partition coefficient (Wildman–Crippen LogP) is 3.09. The lowest BCUT2D eigenvalue weighted by Crippen LogP contribution is -2.65. The first-order valence-corrected chi connectivity index (χ1v) is 21.2. The fourth-order valence-corrected chi connectivity index (χ4v) is 7.39. The van der Waals surface area contributed by atoms with Crippen molar-refractivity contribution < 1.29 is 64.6 Å². The van der Waals surface area contributed by atoms with Crippen LogP contribution in [0.1, 0.15) is 155 Å². The van der Waals surface area contributed by atoms with Gasteiger partial charge in [-0.2, -0.15) is 0 Å². The standard InChI is InChI=1S/C40H77NO13/c1-3-4-5-6-7-8-9-10-11-12-13-14-15-16-17-18-19-20-21-22-23-24-30(45)29(41-28(2)44)27-51-39-37(50)35(48)38(32(26-43)53-39)54-40-36(49)34(47)33(46)31(25-42)52-40/h29-40,42-43,45-50H,3-27H2,1-2H3,(H,41,44). The molecule has 2 heterocycles. The maximum absolute atomic E-state index is 11.9. The predicted molar refractivity (Wildman–Crippen MR) is 203 cm³/mol. The second kappa shape index (κ2) is 29.2. The highest BCUT2D eigenvalue weighted by molar-refractivity contribution is 5.73. The number of carbonyl (C=O) groups is 1. The van der Waals surface area contributed by atoms with Crippen molar-refractivity contribution in [3.05, 3.63) is 0 Å². The molecule has 0 aromatic carbocycles. The average Bonchev–Trinajstić information content (AvgIpc) is 3.16. The molecule has 2 saturated heterocycles.